The van der Waals surface area contributed by atoms with Gasteiger partial charge in [0.2, 0.25) is 0 Å². The number of carbonyl (C=O) groups excluding carboxylic acids is 3. The molecule has 3 rings (SSSR count). The second-order valence-electron chi connectivity index (χ2n) is 6.56. The third-order valence-electron chi connectivity index (χ3n) is 3.40. The van der Waals surface area contributed by atoms with Crippen LogP contribution in [0.5, 0.6) is 5.75 Å². The van der Waals surface area contributed by atoms with Crippen molar-refractivity contribution in [3.05, 3.63) is 28.7 Å². The predicted octanol–water partition coefficient (Wildman–Crippen LogP) is 3.14. The molecule has 2 aliphatic rings. The highest BCUT2D eigenvalue weighted by Gasteiger charge is 2.29. The average Bonchev–Trinajstić information content (AvgIpc) is 2.82. The fourth-order valence-electron chi connectivity index (χ4n) is 2.41. The molecular weight excluding hydrogens is 344 g/mol. The van der Waals surface area contributed by atoms with Crippen LogP contribution in [0.3, 0.4) is 0 Å². The summed E-state index contributed by atoms with van der Waals surface area (Å²) in [6, 6.07) is 5.23. The summed E-state index contributed by atoms with van der Waals surface area (Å²) in [6.07, 6.45) is 1.18. The Hall–Kier alpha value is -2.48. The molecule has 0 atom stereocenters. The zero-order valence-electron chi connectivity index (χ0n) is 14.1. The van der Waals surface area contributed by atoms with E-state index in [9.17, 15) is 14.4 Å². The van der Waals surface area contributed by atoms with Crippen molar-refractivity contribution in [1.29, 1.82) is 0 Å². The van der Waals surface area contributed by atoms with E-state index in [1.165, 1.54) is 4.90 Å². The van der Waals surface area contributed by atoms with Crippen molar-refractivity contribution in [2.75, 3.05) is 18.1 Å². The summed E-state index contributed by atoms with van der Waals surface area (Å²) >= 11 is 0.854. The molecule has 132 valence electrons. The molecule has 2 heterocycles. The van der Waals surface area contributed by atoms with Crippen LogP contribution >= 0.6 is 11.8 Å². The topological polar surface area (TPSA) is 84.9 Å². The van der Waals surface area contributed by atoms with Gasteiger partial charge in [0.15, 0.2) is 0 Å². The number of imide groups is 1. The minimum Gasteiger partial charge on any atom is -0.490 e. The van der Waals surface area contributed by atoms with Crippen LogP contribution in [0.25, 0.3) is 6.08 Å². The highest BCUT2D eigenvalue weighted by Crippen LogP contribution is 2.35. The zero-order chi connectivity index (χ0) is 18.2. The summed E-state index contributed by atoms with van der Waals surface area (Å²) in [7, 11) is 0. The average molecular weight is 362 g/mol. The molecule has 25 heavy (non-hydrogen) atoms. The van der Waals surface area contributed by atoms with Gasteiger partial charge in [-0.15, -0.1) is 0 Å². The van der Waals surface area contributed by atoms with Crippen molar-refractivity contribution in [1.82, 2.24) is 5.32 Å². The molecule has 0 radical (unpaired) electrons. The van der Waals surface area contributed by atoms with Crippen LogP contribution < -0.4 is 15.0 Å². The first kappa shape index (κ1) is 17.3. The molecule has 1 aromatic rings. The summed E-state index contributed by atoms with van der Waals surface area (Å²) in [5, 5.41) is 1.82. The van der Waals surface area contributed by atoms with Gasteiger partial charge in [-0.05, 0) is 56.3 Å². The Kier molecular flexibility index (Phi) is 4.47. The second kappa shape index (κ2) is 6.44. The lowest BCUT2D eigenvalue weighted by Crippen LogP contribution is -2.41. The molecule has 1 N–H and O–H groups in total. The molecule has 1 saturated heterocycles. The van der Waals surface area contributed by atoms with Crippen LogP contribution in [0.15, 0.2) is 23.1 Å². The van der Waals surface area contributed by atoms with Gasteiger partial charge in [-0.2, -0.15) is 0 Å². The van der Waals surface area contributed by atoms with Crippen molar-refractivity contribution < 1.29 is 23.9 Å². The maximum absolute atomic E-state index is 12.4. The van der Waals surface area contributed by atoms with E-state index < -0.39 is 17.6 Å². The first-order valence-electron chi connectivity index (χ1n) is 7.75. The van der Waals surface area contributed by atoms with Gasteiger partial charge in [0.05, 0.1) is 17.1 Å². The largest absolute Gasteiger partial charge is 0.490 e. The summed E-state index contributed by atoms with van der Waals surface area (Å²) < 4.78 is 11.1. The Bertz CT molecular complexity index is 782. The first-order valence-corrected chi connectivity index (χ1v) is 8.57. The van der Waals surface area contributed by atoms with Crippen LogP contribution in [0.2, 0.25) is 0 Å². The number of nitrogens with one attached hydrogen (secondary N) is 1. The minimum absolute atomic E-state index is 0.324. The van der Waals surface area contributed by atoms with Crippen LogP contribution in [0, 0.1) is 0 Å². The molecule has 3 amide bonds. The molecule has 1 fully saturated rings. The summed E-state index contributed by atoms with van der Waals surface area (Å²) in [4.78, 5) is 37.1. The Balaban J connectivity index is 1.85. The van der Waals surface area contributed by atoms with Crippen LogP contribution in [0.1, 0.15) is 26.3 Å². The lowest BCUT2D eigenvalue weighted by Gasteiger charge is -2.31. The lowest BCUT2D eigenvalue weighted by molar-refractivity contribution is -0.115. The van der Waals surface area contributed by atoms with Crippen LogP contribution in [-0.2, 0) is 9.53 Å². The number of anilines is 1. The fourth-order valence-corrected chi connectivity index (χ4v) is 3.09. The molecule has 7 nitrogen and oxygen atoms in total. The molecule has 0 saturated carbocycles. The van der Waals surface area contributed by atoms with E-state index in [-0.39, 0.29) is 5.24 Å². The number of hydrogen-bond acceptors (Lipinski definition) is 6. The maximum Gasteiger partial charge on any atom is 0.415 e. The number of rotatable bonds is 1. The molecule has 8 heteroatoms. The van der Waals surface area contributed by atoms with Gasteiger partial charge in [0.1, 0.15) is 18.0 Å². The number of amides is 3. The Morgan fingerprint density at radius 2 is 2.12 bits per heavy atom. The molecule has 0 aromatic heterocycles. The third kappa shape index (κ3) is 3.96. The van der Waals surface area contributed by atoms with Crippen molar-refractivity contribution in [2.45, 2.75) is 26.4 Å². The Labute approximate surface area is 149 Å². The molecule has 0 spiro atoms. The molecule has 2 aliphatic heterocycles. The van der Waals surface area contributed by atoms with Gasteiger partial charge in [-0.3, -0.25) is 19.8 Å². The van der Waals surface area contributed by atoms with Gasteiger partial charge >= 0.3 is 6.09 Å². The second-order valence-corrected chi connectivity index (χ2v) is 7.57. The lowest BCUT2D eigenvalue weighted by atomic mass is 10.1. The van der Waals surface area contributed by atoms with E-state index in [4.69, 9.17) is 9.47 Å². The number of nitrogens with zero attached hydrogens (tertiary/aromatic N) is 1. The highest BCUT2D eigenvalue weighted by atomic mass is 32.2. The first-order chi connectivity index (χ1) is 11.7. The van der Waals surface area contributed by atoms with Gasteiger partial charge in [0.25, 0.3) is 11.1 Å². The normalized spacial score (nSPS) is 18.7. The molecular formula is C17H18N2O5S. The standard InChI is InChI=1S/C17H18N2O5S/c1-17(2,3)24-16(22)19-6-7-23-12-8-10(4-5-11(12)19)9-13-14(20)18-15(21)25-13/h4-5,8-9H,6-7H2,1-3H3,(H,18,20,21)/b13-9-. The number of benzene rings is 1. The molecule has 0 bridgehead atoms. The summed E-state index contributed by atoms with van der Waals surface area (Å²) in [6.45, 7) is 6.18. The van der Waals surface area contributed by atoms with Crippen LogP contribution in [0.4, 0.5) is 15.3 Å². The summed E-state index contributed by atoms with van der Waals surface area (Å²) in [5.74, 6) is 0.116. The van der Waals surface area contributed by atoms with E-state index >= 15 is 0 Å². The SMILES string of the molecule is CC(C)(C)OC(=O)N1CCOc2cc(/C=C3\SC(=O)NC3=O)ccc21. The van der Waals surface area contributed by atoms with Gasteiger partial charge in [-0.1, -0.05) is 6.07 Å². The number of fused-ring (bicyclic) bond motifs is 1. The van der Waals surface area contributed by atoms with Crippen molar-refractivity contribution in [3.63, 3.8) is 0 Å². The zero-order valence-corrected chi connectivity index (χ0v) is 14.9. The smallest absolute Gasteiger partial charge is 0.415 e. The number of carbonyl (C=O) groups is 3. The quantitative estimate of drug-likeness (QED) is 0.773. The van der Waals surface area contributed by atoms with Gasteiger partial charge in [0, 0.05) is 0 Å². The Morgan fingerprint density at radius 3 is 2.76 bits per heavy atom. The van der Waals surface area contributed by atoms with Crippen molar-refractivity contribution in [2.24, 2.45) is 0 Å². The van der Waals surface area contributed by atoms with E-state index in [2.05, 4.69) is 5.32 Å². The van der Waals surface area contributed by atoms with Crippen molar-refractivity contribution in [3.8, 4) is 5.75 Å². The fraction of sp³-hybridized carbons (Fsp3) is 0.353. The van der Waals surface area contributed by atoms with E-state index in [1.807, 2.05) is 20.8 Å². The molecule has 0 aliphatic carbocycles. The monoisotopic (exact) mass is 362 g/mol. The number of hydrogen-bond donors (Lipinski definition) is 1. The number of thioether (sulfide) groups is 1. The minimum atomic E-state index is -0.584. The molecule has 1 aromatic carbocycles. The maximum atomic E-state index is 12.4. The van der Waals surface area contributed by atoms with Gasteiger partial charge < -0.3 is 9.47 Å². The summed E-state index contributed by atoms with van der Waals surface area (Å²) in [5.41, 5.74) is 0.735. The van der Waals surface area contributed by atoms with Gasteiger partial charge in [-0.25, -0.2) is 4.79 Å². The van der Waals surface area contributed by atoms with E-state index in [0.717, 1.165) is 11.8 Å². The van der Waals surface area contributed by atoms with Crippen molar-refractivity contribution >= 4 is 40.8 Å². The van der Waals surface area contributed by atoms with E-state index in [0.29, 0.717) is 35.1 Å². The third-order valence-corrected chi connectivity index (χ3v) is 4.21. The highest BCUT2D eigenvalue weighted by molar-refractivity contribution is 8.18. The molecule has 0 unspecified atom stereocenters. The van der Waals surface area contributed by atoms with E-state index in [1.54, 1.807) is 24.3 Å². The van der Waals surface area contributed by atoms with Crippen LogP contribution in [-0.4, -0.2) is 36.0 Å². The number of ether oxygens (including phenoxy) is 2. The predicted molar refractivity (Wildman–Crippen MR) is 94.6 cm³/mol. The Morgan fingerprint density at radius 1 is 1.36 bits per heavy atom.